The Bertz CT molecular complexity index is 566. The molecule has 1 aliphatic rings. The van der Waals surface area contributed by atoms with Crippen LogP contribution in [0, 0.1) is 11.8 Å². The van der Waals surface area contributed by atoms with Gasteiger partial charge < -0.3 is 10.1 Å². The zero-order valence-electron chi connectivity index (χ0n) is 12.7. The molecule has 1 aliphatic carbocycles. The Kier molecular flexibility index (Phi) is 5.61. The van der Waals surface area contributed by atoms with Crippen LogP contribution in [-0.2, 0) is 14.3 Å². The lowest BCUT2D eigenvalue weighted by Crippen LogP contribution is -2.36. The molecule has 0 radical (unpaired) electrons. The highest BCUT2D eigenvalue weighted by atomic mass is 35.5. The summed E-state index contributed by atoms with van der Waals surface area (Å²) in [5.74, 6) is -1.32. The molecule has 0 saturated carbocycles. The number of halogens is 1. The van der Waals surface area contributed by atoms with Crippen LogP contribution in [0.25, 0.3) is 0 Å². The van der Waals surface area contributed by atoms with Crippen molar-refractivity contribution in [3.8, 4) is 0 Å². The van der Waals surface area contributed by atoms with E-state index in [4.69, 9.17) is 16.3 Å². The molecule has 1 amide bonds. The molecule has 0 saturated heterocycles. The minimum absolute atomic E-state index is 0.169. The number of nitrogens with one attached hydrogen (secondary N) is 1. The molecular weight excluding hydrogens is 302 g/mol. The summed E-state index contributed by atoms with van der Waals surface area (Å²) in [4.78, 5) is 24.6. The van der Waals surface area contributed by atoms with Gasteiger partial charge in [-0.2, -0.15) is 0 Å². The molecule has 118 valence electrons. The maximum absolute atomic E-state index is 12.5. The minimum atomic E-state index is -0.431. The number of amides is 1. The highest BCUT2D eigenvalue weighted by molar-refractivity contribution is 6.30. The summed E-state index contributed by atoms with van der Waals surface area (Å²) in [5.41, 5.74) is 0.667. The van der Waals surface area contributed by atoms with E-state index in [9.17, 15) is 9.59 Å². The lowest BCUT2D eigenvalue weighted by atomic mass is 9.82. The molecule has 5 heteroatoms. The number of carbonyl (C=O) groups is 2. The fraction of sp³-hybridized carbons (Fsp3) is 0.412. The molecule has 0 aromatic heterocycles. The van der Waals surface area contributed by atoms with Crippen LogP contribution in [0.5, 0.6) is 0 Å². The maximum atomic E-state index is 12.5. The number of rotatable bonds is 4. The Morgan fingerprint density at radius 1 is 1.14 bits per heavy atom. The van der Waals surface area contributed by atoms with Crippen LogP contribution in [0.1, 0.15) is 26.7 Å². The van der Waals surface area contributed by atoms with Crippen LogP contribution in [0.4, 0.5) is 5.69 Å². The number of hydrogen-bond acceptors (Lipinski definition) is 3. The van der Waals surface area contributed by atoms with Crippen molar-refractivity contribution in [2.45, 2.75) is 32.8 Å². The van der Waals surface area contributed by atoms with Crippen molar-refractivity contribution in [1.82, 2.24) is 0 Å². The van der Waals surface area contributed by atoms with E-state index in [1.165, 1.54) is 0 Å². The zero-order valence-corrected chi connectivity index (χ0v) is 13.5. The lowest BCUT2D eigenvalue weighted by Gasteiger charge is -2.26. The molecule has 1 aromatic carbocycles. The van der Waals surface area contributed by atoms with Gasteiger partial charge in [-0.05, 0) is 51.0 Å². The molecule has 0 aliphatic heterocycles. The third-order valence-corrected chi connectivity index (χ3v) is 3.79. The monoisotopic (exact) mass is 321 g/mol. The first-order valence-electron chi connectivity index (χ1n) is 7.39. The number of esters is 1. The standard InChI is InChI=1S/C17H20ClNO3/c1-11(2)22-17(21)15-6-4-3-5-14(15)16(20)19-13-9-7-12(18)8-10-13/h3-4,7-11,14-15H,5-6H2,1-2H3,(H,19,20)/t14-,15+/m1/s1. The van der Waals surface area contributed by atoms with Crippen LogP contribution < -0.4 is 5.32 Å². The third-order valence-electron chi connectivity index (χ3n) is 3.54. The average Bonchev–Trinajstić information content (AvgIpc) is 2.49. The molecule has 2 rings (SSSR count). The van der Waals surface area contributed by atoms with Gasteiger partial charge in [-0.3, -0.25) is 9.59 Å². The Labute approximate surface area is 135 Å². The van der Waals surface area contributed by atoms with Gasteiger partial charge in [-0.15, -0.1) is 0 Å². The quantitative estimate of drug-likeness (QED) is 0.677. The topological polar surface area (TPSA) is 55.4 Å². The minimum Gasteiger partial charge on any atom is -0.463 e. The van der Waals surface area contributed by atoms with Gasteiger partial charge >= 0.3 is 5.97 Å². The number of anilines is 1. The van der Waals surface area contributed by atoms with Crippen molar-refractivity contribution in [3.63, 3.8) is 0 Å². The van der Waals surface area contributed by atoms with Gasteiger partial charge in [0.2, 0.25) is 5.91 Å². The first-order chi connectivity index (χ1) is 10.5. The van der Waals surface area contributed by atoms with E-state index in [-0.39, 0.29) is 18.0 Å². The summed E-state index contributed by atoms with van der Waals surface area (Å²) >= 11 is 5.83. The summed E-state index contributed by atoms with van der Waals surface area (Å²) < 4.78 is 5.27. The second-order valence-electron chi connectivity index (χ2n) is 5.64. The predicted octanol–water partition coefficient (Wildman–Crippen LogP) is 3.81. The molecule has 0 spiro atoms. The second kappa shape index (κ2) is 7.45. The fourth-order valence-corrected chi connectivity index (χ4v) is 2.58. The second-order valence-corrected chi connectivity index (χ2v) is 6.07. The molecule has 0 fully saturated rings. The first-order valence-corrected chi connectivity index (χ1v) is 7.77. The van der Waals surface area contributed by atoms with E-state index in [1.807, 2.05) is 12.2 Å². The van der Waals surface area contributed by atoms with Gasteiger partial charge in [0.15, 0.2) is 0 Å². The highest BCUT2D eigenvalue weighted by Gasteiger charge is 2.35. The van der Waals surface area contributed by atoms with Crippen LogP contribution in [0.3, 0.4) is 0 Å². The van der Waals surface area contributed by atoms with E-state index in [2.05, 4.69) is 5.32 Å². The van der Waals surface area contributed by atoms with Crippen LogP contribution >= 0.6 is 11.6 Å². The normalized spacial score (nSPS) is 20.7. The Balaban J connectivity index is 2.06. The van der Waals surface area contributed by atoms with Crippen molar-refractivity contribution >= 4 is 29.2 Å². The number of hydrogen-bond donors (Lipinski definition) is 1. The Morgan fingerprint density at radius 2 is 1.73 bits per heavy atom. The molecule has 4 nitrogen and oxygen atoms in total. The average molecular weight is 322 g/mol. The third kappa shape index (κ3) is 4.34. The van der Waals surface area contributed by atoms with E-state index in [0.717, 1.165) is 0 Å². The van der Waals surface area contributed by atoms with Gasteiger partial charge in [-0.25, -0.2) is 0 Å². The molecule has 1 aromatic rings. The van der Waals surface area contributed by atoms with E-state index < -0.39 is 11.8 Å². The molecule has 0 heterocycles. The summed E-state index contributed by atoms with van der Waals surface area (Å²) in [7, 11) is 0. The summed E-state index contributed by atoms with van der Waals surface area (Å²) in [6, 6.07) is 6.89. The first kappa shape index (κ1) is 16.6. The zero-order chi connectivity index (χ0) is 16.1. The molecule has 0 bridgehead atoms. The number of ether oxygens (including phenoxy) is 1. The van der Waals surface area contributed by atoms with Crippen molar-refractivity contribution in [3.05, 3.63) is 41.4 Å². The van der Waals surface area contributed by atoms with Gasteiger partial charge in [0.05, 0.1) is 17.9 Å². The van der Waals surface area contributed by atoms with E-state index in [1.54, 1.807) is 38.1 Å². The summed E-state index contributed by atoms with van der Waals surface area (Å²) in [6.07, 6.45) is 4.75. The largest absolute Gasteiger partial charge is 0.463 e. The van der Waals surface area contributed by atoms with Gasteiger partial charge in [0.25, 0.3) is 0 Å². The highest BCUT2D eigenvalue weighted by Crippen LogP contribution is 2.28. The fourth-order valence-electron chi connectivity index (χ4n) is 2.45. The molecule has 2 atom stereocenters. The van der Waals surface area contributed by atoms with E-state index >= 15 is 0 Å². The lowest BCUT2D eigenvalue weighted by molar-refractivity contribution is -0.156. The van der Waals surface area contributed by atoms with Crippen LogP contribution in [-0.4, -0.2) is 18.0 Å². The molecule has 22 heavy (non-hydrogen) atoms. The van der Waals surface area contributed by atoms with Crippen molar-refractivity contribution in [2.75, 3.05) is 5.32 Å². The van der Waals surface area contributed by atoms with Gasteiger partial charge in [0, 0.05) is 10.7 Å². The van der Waals surface area contributed by atoms with E-state index in [0.29, 0.717) is 23.6 Å². The van der Waals surface area contributed by atoms with Gasteiger partial charge in [-0.1, -0.05) is 23.8 Å². The SMILES string of the molecule is CC(C)OC(=O)[C@H]1CC=CC[C@H]1C(=O)Nc1ccc(Cl)cc1. The summed E-state index contributed by atoms with van der Waals surface area (Å²) in [6.45, 7) is 3.61. The van der Waals surface area contributed by atoms with Gasteiger partial charge in [0.1, 0.15) is 0 Å². The van der Waals surface area contributed by atoms with Crippen molar-refractivity contribution in [2.24, 2.45) is 11.8 Å². The van der Waals surface area contributed by atoms with Crippen molar-refractivity contribution < 1.29 is 14.3 Å². The number of allylic oxidation sites excluding steroid dienone is 2. The number of benzene rings is 1. The molecular formula is C17H20ClNO3. The Hall–Kier alpha value is -1.81. The Morgan fingerprint density at radius 3 is 2.32 bits per heavy atom. The smallest absolute Gasteiger partial charge is 0.310 e. The van der Waals surface area contributed by atoms with Crippen LogP contribution in [0.15, 0.2) is 36.4 Å². The maximum Gasteiger partial charge on any atom is 0.310 e. The predicted molar refractivity (Wildman–Crippen MR) is 86.7 cm³/mol. The van der Waals surface area contributed by atoms with Crippen molar-refractivity contribution in [1.29, 1.82) is 0 Å². The van der Waals surface area contributed by atoms with Crippen LogP contribution in [0.2, 0.25) is 5.02 Å². The molecule has 1 N–H and O–H groups in total. The summed E-state index contributed by atoms with van der Waals surface area (Å²) in [5, 5.41) is 3.45. The molecule has 0 unspecified atom stereocenters. The number of carbonyl (C=O) groups excluding carboxylic acids is 2.